The third-order valence-corrected chi connectivity index (χ3v) is 2.37. The van der Waals surface area contributed by atoms with Crippen molar-refractivity contribution < 1.29 is 9.90 Å². The Morgan fingerprint density at radius 2 is 1.81 bits per heavy atom. The van der Waals surface area contributed by atoms with Crippen molar-refractivity contribution in [3.63, 3.8) is 0 Å². The van der Waals surface area contributed by atoms with Gasteiger partial charge in [-0.15, -0.1) is 0 Å². The highest BCUT2D eigenvalue weighted by molar-refractivity contribution is 6.35. The lowest BCUT2D eigenvalue weighted by molar-refractivity contribution is -0.137. The van der Waals surface area contributed by atoms with Crippen molar-refractivity contribution in [1.82, 2.24) is 0 Å². The molecular formula is C11H13Cl2NO2. The molecule has 2 N–H and O–H groups in total. The van der Waals surface area contributed by atoms with E-state index in [2.05, 4.69) is 5.32 Å². The average Bonchev–Trinajstić information content (AvgIpc) is 1.95. The van der Waals surface area contributed by atoms with E-state index in [4.69, 9.17) is 28.3 Å². The molecule has 0 aliphatic heterocycles. The summed E-state index contributed by atoms with van der Waals surface area (Å²) in [7, 11) is 0. The molecule has 0 aromatic heterocycles. The number of rotatable bonds is 4. The van der Waals surface area contributed by atoms with Gasteiger partial charge < -0.3 is 10.4 Å². The second kappa shape index (κ2) is 4.93. The van der Waals surface area contributed by atoms with Crippen molar-refractivity contribution >= 4 is 34.9 Å². The van der Waals surface area contributed by atoms with Gasteiger partial charge in [-0.05, 0) is 32.0 Å². The van der Waals surface area contributed by atoms with E-state index in [1.54, 1.807) is 32.0 Å². The first-order valence-electron chi connectivity index (χ1n) is 4.74. The van der Waals surface area contributed by atoms with Crippen molar-refractivity contribution in [2.24, 2.45) is 0 Å². The Morgan fingerprint density at radius 3 is 2.25 bits per heavy atom. The SMILES string of the molecule is CC(C)(CC(=O)O)Nc1cc(Cl)cc(Cl)c1. The lowest BCUT2D eigenvalue weighted by atomic mass is 10.0. The van der Waals surface area contributed by atoms with Gasteiger partial charge >= 0.3 is 5.97 Å². The molecule has 3 nitrogen and oxygen atoms in total. The van der Waals surface area contributed by atoms with E-state index in [-0.39, 0.29) is 6.42 Å². The maximum absolute atomic E-state index is 10.6. The molecule has 0 aliphatic carbocycles. The molecule has 1 aromatic rings. The van der Waals surface area contributed by atoms with Crippen LogP contribution < -0.4 is 5.32 Å². The number of anilines is 1. The van der Waals surface area contributed by atoms with Gasteiger partial charge in [0.2, 0.25) is 0 Å². The zero-order chi connectivity index (χ0) is 12.3. The molecule has 5 heteroatoms. The third kappa shape index (κ3) is 4.29. The van der Waals surface area contributed by atoms with Crippen molar-refractivity contribution in [2.45, 2.75) is 25.8 Å². The minimum absolute atomic E-state index is 0.0110. The number of carbonyl (C=O) groups is 1. The van der Waals surface area contributed by atoms with Crippen LogP contribution in [0.1, 0.15) is 20.3 Å². The lowest BCUT2D eigenvalue weighted by Gasteiger charge is -2.25. The van der Waals surface area contributed by atoms with Crippen LogP contribution in [0, 0.1) is 0 Å². The van der Waals surface area contributed by atoms with Crippen LogP contribution >= 0.6 is 23.2 Å². The number of halogens is 2. The van der Waals surface area contributed by atoms with E-state index < -0.39 is 11.5 Å². The molecule has 1 rings (SSSR count). The summed E-state index contributed by atoms with van der Waals surface area (Å²) in [6.07, 6.45) is 0.0110. The highest BCUT2D eigenvalue weighted by atomic mass is 35.5. The number of hydrogen-bond donors (Lipinski definition) is 2. The minimum Gasteiger partial charge on any atom is -0.481 e. The number of aliphatic carboxylic acids is 1. The molecule has 0 saturated heterocycles. The van der Waals surface area contributed by atoms with Crippen LogP contribution in [-0.4, -0.2) is 16.6 Å². The van der Waals surface area contributed by atoms with E-state index in [1.807, 2.05) is 0 Å². The summed E-state index contributed by atoms with van der Waals surface area (Å²) in [6, 6.07) is 5.03. The molecular weight excluding hydrogens is 249 g/mol. The summed E-state index contributed by atoms with van der Waals surface area (Å²) in [6.45, 7) is 3.60. The van der Waals surface area contributed by atoms with Crippen LogP contribution in [0.4, 0.5) is 5.69 Å². The molecule has 0 saturated carbocycles. The molecule has 0 bridgehead atoms. The summed E-state index contributed by atoms with van der Waals surface area (Å²) >= 11 is 11.7. The summed E-state index contributed by atoms with van der Waals surface area (Å²) in [5.74, 6) is -0.856. The fraction of sp³-hybridized carbons (Fsp3) is 0.364. The number of nitrogens with one attached hydrogen (secondary N) is 1. The van der Waals surface area contributed by atoms with Crippen LogP contribution in [0.15, 0.2) is 18.2 Å². The second-order valence-electron chi connectivity index (χ2n) is 4.24. The molecule has 16 heavy (non-hydrogen) atoms. The van der Waals surface area contributed by atoms with Gasteiger partial charge in [0.1, 0.15) is 0 Å². The Balaban J connectivity index is 2.83. The summed E-state index contributed by atoms with van der Waals surface area (Å²) in [5, 5.41) is 12.9. The highest BCUT2D eigenvalue weighted by Crippen LogP contribution is 2.25. The molecule has 0 radical (unpaired) electrons. The van der Waals surface area contributed by atoms with Crippen LogP contribution in [0.25, 0.3) is 0 Å². The monoisotopic (exact) mass is 261 g/mol. The summed E-state index contributed by atoms with van der Waals surface area (Å²) in [5.41, 5.74) is 0.156. The first-order valence-corrected chi connectivity index (χ1v) is 5.50. The molecule has 0 heterocycles. The molecule has 0 spiro atoms. The van der Waals surface area contributed by atoms with Crippen LogP contribution in [0.5, 0.6) is 0 Å². The molecule has 88 valence electrons. The predicted octanol–water partition coefficient (Wildman–Crippen LogP) is 3.66. The molecule has 0 fully saturated rings. The van der Waals surface area contributed by atoms with Gasteiger partial charge in [0, 0.05) is 21.3 Å². The van der Waals surface area contributed by atoms with Gasteiger partial charge in [-0.1, -0.05) is 23.2 Å². The molecule has 1 aromatic carbocycles. The van der Waals surface area contributed by atoms with Crippen LogP contribution in [0.3, 0.4) is 0 Å². The fourth-order valence-electron chi connectivity index (χ4n) is 1.44. The van der Waals surface area contributed by atoms with E-state index in [9.17, 15) is 4.79 Å². The smallest absolute Gasteiger partial charge is 0.305 e. The molecule has 0 aliphatic rings. The number of carboxylic acids is 1. The Kier molecular flexibility index (Phi) is 4.05. The van der Waals surface area contributed by atoms with E-state index >= 15 is 0 Å². The van der Waals surface area contributed by atoms with Gasteiger partial charge in [-0.2, -0.15) is 0 Å². The largest absolute Gasteiger partial charge is 0.481 e. The maximum atomic E-state index is 10.6. The van der Waals surface area contributed by atoms with Crippen molar-refractivity contribution in [3.05, 3.63) is 28.2 Å². The summed E-state index contributed by atoms with van der Waals surface area (Å²) < 4.78 is 0. The topological polar surface area (TPSA) is 49.3 Å². The Labute approximate surface area is 104 Å². The molecule has 0 atom stereocenters. The Morgan fingerprint density at radius 1 is 1.31 bits per heavy atom. The van der Waals surface area contributed by atoms with Gasteiger partial charge in [0.15, 0.2) is 0 Å². The highest BCUT2D eigenvalue weighted by Gasteiger charge is 2.21. The van der Waals surface area contributed by atoms with Gasteiger partial charge in [0.05, 0.1) is 6.42 Å². The average molecular weight is 262 g/mol. The standard InChI is InChI=1S/C11H13Cl2NO2/c1-11(2,6-10(15)16)14-9-4-7(12)3-8(13)5-9/h3-5,14H,6H2,1-2H3,(H,15,16). The quantitative estimate of drug-likeness (QED) is 0.870. The van der Waals surface area contributed by atoms with E-state index in [0.717, 1.165) is 0 Å². The zero-order valence-electron chi connectivity index (χ0n) is 9.05. The lowest BCUT2D eigenvalue weighted by Crippen LogP contribution is -2.33. The van der Waals surface area contributed by atoms with Crippen molar-refractivity contribution in [3.8, 4) is 0 Å². The summed E-state index contributed by atoms with van der Waals surface area (Å²) in [4.78, 5) is 10.6. The second-order valence-corrected chi connectivity index (χ2v) is 5.11. The Hall–Kier alpha value is -0.930. The van der Waals surface area contributed by atoms with Crippen LogP contribution in [0.2, 0.25) is 10.0 Å². The van der Waals surface area contributed by atoms with Crippen molar-refractivity contribution in [2.75, 3.05) is 5.32 Å². The zero-order valence-corrected chi connectivity index (χ0v) is 10.6. The number of carboxylic acid groups (broad SMARTS) is 1. The predicted molar refractivity (Wildman–Crippen MR) is 66.4 cm³/mol. The first-order chi connectivity index (χ1) is 7.28. The van der Waals surface area contributed by atoms with Gasteiger partial charge in [-0.25, -0.2) is 0 Å². The normalized spacial score (nSPS) is 11.2. The minimum atomic E-state index is -0.856. The third-order valence-electron chi connectivity index (χ3n) is 1.94. The van der Waals surface area contributed by atoms with E-state index in [1.165, 1.54) is 0 Å². The number of benzene rings is 1. The Bertz CT molecular complexity index is 385. The fourth-order valence-corrected chi connectivity index (χ4v) is 1.97. The van der Waals surface area contributed by atoms with Gasteiger partial charge in [0.25, 0.3) is 0 Å². The van der Waals surface area contributed by atoms with Crippen molar-refractivity contribution in [1.29, 1.82) is 0 Å². The van der Waals surface area contributed by atoms with E-state index in [0.29, 0.717) is 15.7 Å². The van der Waals surface area contributed by atoms with Gasteiger partial charge in [-0.3, -0.25) is 4.79 Å². The van der Waals surface area contributed by atoms with Crippen LogP contribution in [-0.2, 0) is 4.79 Å². The first kappa shape index (κ1) is 13.1. The number of hydrogen-bond acceptors (Lipinski definition) is 2. The molecule has 0 amide bonds. The maximum Gasteiger partial charge on any atom is 0.305 e. The molecule has 0 unspecified atom stereocenters.